The van der Waals surface area contributed by atoms with E-state index in [0.29, 0.717) is 6.54 Å². The lowest BCUT2D eigenvalue weighted by molar-refractivity contribution is -0.154. The lowest BCUT2D eigenvalue weighted by atomic mass is 9.95. The van der Waals surface area contributed by atoms with Crippen LogP contribution >= 0.6 is 0 Å². The minimum absolute atomic E-state index is 0.186. The molecule has 2 N–H and O–H groups in total. The van der Waals surface area contributed by atoms with Gasteiger partial charge in [-0.15, -0.1) is 0 Å². The first-order valence-electron chi connectivity index (χ1n) is 4.95. The van der Waals surface area contributed by atoms with Crippen LogP contribution in [0.15, 0.2) is 0 Å². The second-order valence-electron chi connectivity index (χ2n) is 3.94. The maximum absolute atomic E-state index is 11.9. The van der Waals surface area contributed by atoms with Crippen molar-refractivity contribution in [1.82, 2.24) is 10.6 Å². The molecule has 0 spiro atoms. The molecule has 1 saturated heterocycles. The molecule has 15 heavy (non-hydrogen) atoms. The Labute approximate surface area is 86.4 Å². The lowest BCUT2D eigenvalue weighted by Crippen LogP contribution is -2.50. The maximum Gasteiger partial charge on any atom is 0.397 e. The highest BCUT2D eigenvalue weighted by Crippen LogP contribution is 2.19. The molecule has 0 bridgehead atoms. The summed E-state index contributed by atoms with van der Waals surface area (Å²) >= 11 is 0. The smallest absolute Gasteiger partial charge is 0.352 e. The Morgan fingerprint density at radius 3 is 2.73 bits per heavy atom. The van der Waals surface area contributed by atoms with Crippen molar-refractivity contribution in [1.29, 1.82) is 0 Å². The van der Waals surface area contributed by atoms with Crippen molar-refractivity contribution < 1.29 is 18.0 Å². The molecule has 2 unspecified atom stereocenters. The molecule has 1 aliphatic rings. The number of rotatable bonds is 2. The number of carbonyl (C=O) groups excluding carboxylic acids is 1. The monoisotopic (exact) mass is 224 g/mol. The van der Waals surface area contributed by atoms with E-state index in [2.05, 4.69) is 10.6 Å². The average molecular weight is 224 g/mol. The van der Waals surface area contributed by atoms with E-state index in [1.165, 1.54) is 0 Å². The molecule has 0 radical (unpaired) electrons. The second kappa shape index (κ2) is 4.83. The Hall–Kier alpha value is -0.780. The van der Waals surface area contributed by atoms with Gasteiger partial charge >= 0.3 is 6.18 Å². The van der Waals surface area contributed by atoms with Crippen molar-refractivity contribution in [2.24, 2.45) is 5.92 Å². The zero-order chi connectivity index (χ0) is 11.5. The summed E-state index contributed by atoms with van der Waals surface area (Å²) in [6.07, 6.45) is -4.94. The molecule has 1 heterocycles. The Morgan fingerprint density at radius 2 is 2.20 bits per heavy atom. The summed E-state index contributed by atoms with van der Waals surface area (Å²) in [7, 11) is 0. The van der Waals surface area contributed by atoms with Gasteiger partial charge in [0, 0.05) is 12.6 Å². The molecule has 1 fully saturated rings. The van der Waals surface area contributed by atoms with Crippen LogP contribution in [0, 0.1) is 5.92 Å². The van der Waals surface area contributed by atoms with Crippen LogP contribution in [0.5, 0.6) is 0 Å². The van der Waals surface area contributed by atoms with Gasteiger partial charge < -0.3 is 10.6 Å². The van der Waals surface area contributed by atoms with Gasteiger partial charge in [-0.3, -0.25) is 4.79 Å². The molecule has 2 atom stereocenters. The minimum atomic E-state index is -4.42. The van der Waals surface area contributed by atoms with Crippen LogP contribution in [-0.4, -0.2) is 31.2 Å². The highest BCUT2D eigenvalue weighted by Gasteiger charge is 2.33. The molecule has 0 aromatic heterocycles. The molecular formula is C9H15F3N2O. The van der Waals surface area contributed by atoms with Gasteiger partial charge in [-0.1, -0.05) is 6.92 Å². The van der Waals surface area contributed by atoms with Gasteiger partial charge in [-0.05, 0) is 18.9 Å². The van der Waals surface area contributed by atoms with Crippen molar-refractivity contribution in [3.63, 3.8) is 0 Å². The third-order valence-corrected chi connectivity index (χ3v) is 2.53. The van der Waals surface area contributed by atoms with Gasteiger partial charge in [0.05, 0.1) is 0 Å². The Morgan fingerprint density at radius 1 is 1.53 bits per heavy atom. The van der Waals surface area contributed by atoms with E-state index in [4.69, 9.17) is 0 Å². The van der Waals surface area contributed by atoms with E-state index < -0.39 is 18.5 Å². The minimum Gasteiger partial charge on any atom is -0.352 e. The topological polar surface area (TPSA) is 41.1 Å². The summed E-state index contributed by atoms with van der Waals surface area (Å²) in [5.41, 5.74) is 0. The van der Waals surface area contributed by atoms with Gasteiger partial charge in [-0.2, -0.15) is 13.2 Å². The van der Waals surface area contributed by atoms with E-state index in [1.807, 2.05) is 6.92 Å². The van der Waals surface area contributed by atoms with Crippen LogP contribution in [0.3, 0.4) is 0 Å². The van der Waals surface area contributed by atoms with Crippen molar-refractivity contribution in [3.8, 4) is 0 Å². The van der Waals surface area contributed by atoms with Crippen molar-refractivity contribution >= 4 is 5.91 Å². The fraction of sp³-hybridized carbons (Fsp3) is 0.889. The van der Waals surface area contributed by atoms with Crippen LogP contribution in [0.2, 0.25) is 0 Å². The standard InChI is InChI=1S/C9H15F3N2O/c1-6-2-3-13-5-7(6)14-8(15)4-9(10,11)12/h6-7,13H,2-5H2,1H3,(H,14,15). The lowest BCUT2D eigenvalue weighted by Gasteiger charge is -2.30. The molecule has 1 amide bonds. The van der Waals surface area contributed by atoms with Crippen LogP contribution in [0.1, 0.15) is 19.8 Å². The first-order chi connectivity index (χ1) is 6.88. The molecule has 0 aromatic rings. The van der Waals surface area contributed by atoms with Crippen molar-refractivity contribution in [3.05, 3.63) is 0 Å². The molecule has 3 nitrogen and oxygen atoms in total. The number of nitrogens with one attached hydrogen (secondary N) is 2. The normalized spacial score (nSPS) is 27.5. The van der Waals surface area contributed by atoms with Gasteiger partial charge in [-0.25, -0.2) is 0 Å². The van der Waals surface area contributed by atoms with Crippen molar-refractivity contribution in [2.75, 3.05) is 13.1 Å². The number of piperidine rings is 1. The number of amides is 1. The van der Waals surface area contributed by atoms with Gasteiger partial charge in [0.25, 0.3) is 0 Å². The third kappa shape index (κ3) is 4.51. The predicted molar refractivity (Wildman–Crippen MR) is 49.3 cm³/mol. The molecule has 0 saturated carbocycles. The van der Waals surface area contributed by atoms with E-state index in [1.54, 1.807) is 0 Å². The Kier molecular flexibility index (Phi) is 3.96. The summed E-state index contributed by atoms with van der Waals surface area (Å²) in [5, 5.41) is 5.44. The van der Waals surface area contributed by atoms with E-state index >= 15 is 0 Å². The maximum atomic E-state index is 11.9. The zero-order valence-corrected chi connectivity index (χ0v) is 8.53. The van der Waals surface area contributed by atoms with E-state index in [-0.39, 0.29) is 12.0 Å². The van der Waals surface area contributed by atoms with Crippen LogP contribution in [-0.2, 0) is 4.79 Å². The van der Waals surface area contributed by atoms with Crippen LogP contribution in [0.25, 0.3) is 0 Å². The molecule has 0 aliphatic carbocycles. The average Bonchev–Trinajstić information content (AvgIpc) is 2.05. The Balaban J connectivity index is 2.36. The van der Waals surface area contributed by atoms with Gasteiger partial charge in [0.1, 0.15) is 6.42 Å². The first kappa shape index (κ1) is 12.3. The summed E-state index contributed by atoms with van der Waals surface area (Å²) in [4.78, 5) is 11.0. The predicted octanol–water partition coefficient (Wildman–Crippen LogP) is 1.05. The number of hydrogen-bond donors (Lipinski definition) is 2. The first-order valence-corrected chi connectivity index (χ1v) is 4.95. The second-order valence-corrected chi connectivity index (χ2v) is 3.94. The van der Waals surface area contributed by atoms with Gasteiger partial charge in [0.2, 0.25) is 5.91 Å². The number of hydrogen-bond acceptors (Lipinski definition) is 2. The fourth-order valence-corrected chi connectivity index (χ4v) is 1.62. The highest BCUT2D eigenvalue weighted by atomic mass is 19.4. The van der Waals surface area contributed by atoms with E-state index in [9.17, 15) is 18.0 Å². The largest absolute Gasteiger partial charge is 0.397 e. The molecule has 1 aliphatic heterocycles. The van der Waals surface area contributed by atoms with Gasteiger partial charge in [0.15, 0.2) is 0 Å². The van der Waals surface area contributed by atoms with Crippen LogP contribution in [0.4, 0.5) is 13.2 Å². The SMILES string of the molecule is CC1CCNCC1NC(=O)CC(F)(F)F. The van der Waals surface area contributed by atoms with E-state index in [0.717, 1.165) is 13.0 Å². The molecular weight excluding hydrogens is 209 g/mol. The quantitative estimate of drug-likeness (QED) is 0.736. The summed E-state index contributed by atoms with van der Waals surface area (Å²) in [6, 6.07) is -0.186. The number of carbonyl (C=O) groups is 1. The van der Waals surface area contributed by atoms with Crippen molar-refractivity contribution in [2.45, 2.75) is 32.0 Å². The highest BCUT2D eigenvalue weighted by molar-refractivity contribution is 5.76. The summed E-state index contributed by atoms with van der Waals surface area (Å²) in [6.45, 7) is 3.33. The fourth-order valence-electron chi connectivity index (χ4n) is 1.62. The molecule has 1 rings (SSSR count). The Bertz CT molecular complexity index is 230. The summed E-state index contributed by atoms with van der Waals surface area (Å²) < 4.78 is 35.6. The molecule has 0 aromatic carbocycles. The number of halogens is 3. The zero-order valence-electron chi connectivity index (χ0n) is 8.53. The molecule has 88 valence electrons. The molecule has 6 heteroatoms. The third-order valence-electron chi connectivity index (χ3n) is 2.53. The van der Waals surface area contributed by atoms with Crippen LogP contribution < -0.4 is 10.6 Å². The number of alkyl halides is 3. The summed E-state index contributed by atoms with van der Waals surface area (Å²) in [5.74, 6) is -0.716.